The number of carboxylic acids is 1. The Balaban J connectivity index is 1.37. The van der Waals surface area contributed by atoms with Gasteiger partial charge in [-0.25, -0.2) is 4.98 Å². The van der Waals surface area contributed by atoms with Gasteiger partial charge in [0, 0.05) is 18.9 Å². The van der Waals surface area contributed by atoms with Gasteiger partial charge in [-0.3, -0.25) is 9.69 Å². The molecular formula is C21H23N3O3. The SMILES string of the molecule is Cc1cccn2cc(COc3ccc(CN4CCC[C@@H]4C(=O)O)cc3)nc12. The molecule has 0 amide bonds. The first-order valence-electron chi connectivity index (χ1n) is 9.22. The van der Waals surface area contributed by atoms with E-state index >= 15 is 0 Å². The molecule has 1 aliphatic rings. The first-order chi connectivity index (χ1) is 13.1. The van der Waals surface area contributed by atoms with Crippen LogP contribution < -0.4 is 4.74 Å². The fraction of sp³-hybridized carbons (Fsp3) is 0.333. The van der Waals surface area contributed by atoms with Crippen LogP contribution in [0.5, 0.6) is 5.75 Å². The Morgan fingerprint density at radius 3 is 2.85 bits per heavy atom. The Morgan fingerprint density at radius 2 is 2.11 bits per heavy atom. The minimum Gasteiger partial charge on any atom is -0.487 e. The van der Waals surface area contributed by atoms with Crippen molar-refractivity contribution in [1.82, 2.24) is 14.3 Å². The Bertz CT molecular complexity index is 949. The van der Waals surface area contributed by atoms with Gasteiger partial charge < -0.3 is 14.2 Å². The average Bonchev–Trinajstić information content (AvgIpc) is 3.28. The van der Waals surface area contributed by atoms with Crippen molar-refractivity contribution in [3.8, 4) is 5.75 Å². The second-order valence-electron chi connectivity index (χ2n) is 7.05. The lowest BCUT2D eigenvalue weighted by atomic mass is 10.2. The van der Waals surface area contributed by atoms with E-state index < -0.39 is 5.97 Å². The maximum Gasteiger partial charge on any atom is 0.320 e. The summed E-state index contributed by atoms with van der Waals surface area (Å²) in [6.07, 6.45) is 5.64. The first-order valence-corrected chi connectivity index (χ1v) is 9.22. The molecule has 1 aliphatic heterocycles. The quantitative estimate of drug-likeness (QED) is 0.726. The number of benzene rings is 1. The number of hydrogen-bond acceptors (Lipinski definition) is 4. The van der Waals surface area contributed by atoms with Crippen molar-refractivity contribution >= 4 is 11.6 Å². The van der Waals surface area contributed by atoms with Gasteiger partial charge in [0.1, 0.15) is 24.0 Å². The molecule has 2 aromatic heterocycles. The predicted molar refractivity (Wildman–Crippen MR) is 102 cm³/mol. The van der Waals surface area contributed by atoms with Crippen molar-refractivity contribution in [3.63, 3.8) is 0 Å². The van der Waals surface area contributed by atoms with Crippen LogP contribution in [-0.2, 0) is 17.9 Å². The number of aromatic nitrogens is 2. The van der Waals surface area contributed by atoms with E-state index in [-0.39, 0.29) is 6.04 Å². The summed E-state index contributed by atoms with van der Waals surface area (Å²) in [6, 6.07) is 11.5. The number of pyridine rings is 1. The zero-order valence-corrected chi connectivity index (χ0v) is 15.3. The molecule has 1 atom stereocenters. The zero-order chi connectivity index (χ0) is 18.8. The van der Waals surface area contributed by atoms with Crippen LogP contribution in [0.4, 0.5) is 0 Å². The largest absolute Gasteiger partial charge is 0.487 e. The molecule has 3 aromatic rings. The third-order valence-electron chi connectivity index (χ3n) is 5.07. The number of imidazole rings is 1. The number of likely N-dealkylation sites (tertiary alicyclic amines) is 1. The third-order valence-corrected chi connectivity index (χ3v) is 5.07. The molecule has 1 fully saturated rings. The minimum atomic E-state index is -0.727. The van der Waals surface area contributed by atoms with Gasteiger partial charge in [0.2, 0.25) is 0 Å². The molecule has 0 unspecified atom stereocenters. The number of ether oxygens (including phenoxy) is 1. The summed E-state index contributed by atoms with van der Waals surface area (Å²) in [5.74, 6) is 0.0545. The molecule has 6 heteroatoms. The van der Waals surface area contributed by atoms with Crippen molar-refractivity contribution in [1.29, 1.82) is 0 Å². The lowest BCUT2D eigenvalue weighted by molar-refractivity contribution is -0.142. The normalized spacial score (nSPS) is 17.4. The molecule has 0 bridgehead atoms. The van der Waals surface area contributed by atoms with Crippen LogP contribution in [-0.4, -0.2) is 37.9 Å². The van der Waals surface area contributed by atoms with E-state index in [0.29, 0.717) is 13.2 Å². The number of carbonyl (C=O) groups is 1. The van der Waals surface area contributed by atoms with Crippen molar-refractivity contribution in [2.24, 2.45) is 0 Å². The lowest BCUT2D eigenvalue weighted by Crippen LogP contribution is -2.35. The summed E-state index contributed by atoms with van der Waals surface area (Å²) in [7, 11) is 0. The number of fused-ring (bicyclic) bond motifs is 1. The molecule has 140 valence electrons. The summed E-state index contributed by atoms with van der Waals surface area (Å²) < 4.78 is 7.87. The van der Waals surface area contributed by atoms with E-state index in [1.54, 1.807) is 0 Å². The molecular weight excluding hydrogens is 342 g/mol. The van der Waals surface area contributed by atoms with Gasteiger partial charge in [-0.15, -0.1) is 0 Å². The smallest absolute Gasteiger partial charge is 0.320 e. The molecule has 0 radical (unpaired) electrons. The molecule has 1 N–H and O–H groups in total. The van der Waals surface area contributed by atoms with E-state index in [0.717, 1.165) is 47.6 Å². The van der Waals surface area contributed by atoms with E-state index in [9.17, 15) is 9.90 Å². The Morgan fingerprint density at radius 1 is 1.30 bits per heavy atom. The Kier molecular flexibility index (Phi) is 4.81. The maximum absolute atomic E-state index is 11.3. The van der Waals surface area contributed by atoms with Gasteiger partial charge >= 0.3 is 5.97 Å². The highest BCUT2D eigenvalue weighted by Gasteiger charge is 2.30. The van der Waals surface area contributed by atoms with E-state index in [1.807, 2.05) is 65.0 Å². The summed E-state index contributed by atoms with van der Waals surface area (Å²) in [4.78, 5) is 17.9. The van der Waals surface area contributed by atoms with Gasteiger partial charge in [-0.05, 0) is 55.6 Å². The summed E-state index contributed by atoms with van der Waals surface area (Å²) in [6.45, 7) is 3.94. The molecule has 1 saturated heterocycles. The van der Waals surface area contributed by atoms with Crippen LogP contribution in [0.25, 0.3) is 5.65 Å². The number of nitrogens with zero attached hydrogens (tertiary/aromatic N) is 3. The van der Waals surface area contributed by atoms with Crippen LogP contribution in [0, 0.1) is 6.92 Å². The van der Waals surface area contributed by atoms with Gasteiger partial charge in [-0.2, -0.15) is 0 Å². The van der Waals surface area contributed by atoms with Gasteiger partial charge in [-0.1, -0.05) is 18.2 Å². The van der Waals surface area contributed by atoms with Crippen LogP contribution in [0.3, 0.4) is 0 Å². The summed E-state index contributed by atoms with van der Waals surface area (Å²) >= 11 is 0. The topological polar surface area (TPSA) is 67.1 Å². The Labute approximate surface area is 158 Å². The third kappa shape index (κ3) is 3.80. The maximum atomic E-state index is 11.3. The van der Waals surface area contributed by atoms with Crippen molar-refractivity contribution < 1.29 is 14.6 Å². The number of rotatable bonds is 6. The molecule has 3 heterocycles. The molecule has 0 aliphatic carbocycles. The van der Waals surface area contributed by atoms with Gasteiger partial charge in [0.15, 0.2) is 0 Å². The second-order valence-corrected chi connectivity index (χ2v) is 7.05. The van der Waals surface area contributed by atoms with Crippen molar-refractivity contribution in [2.45, 2.75) is 39.0 Å². The monoisotopic (exact) mass is 365 g/mol. The number of aliphatic carboxylic acids is 1. The molecule has 1 aromatic carbocycles. The van der Waals surface area contributed by atoms with Crippen molar-refractivity contribution in [2.75, 3.05) is 6.54 Å². The summed E-state index contributed by atoms with van der Waals surface area (Å²) in [5.41, 5.74) is 4.06. The van der Waals surface area contributed by atoms with Crippen LogP contribution in [0.2, 0.25) is 0 Å². The average molecular weight is 365 g/mol. The molecule has 0 spiro atoms. The number of carboxylic acid groups (broad SMARTS) is 1. The van der Waals surface area contributed by atoms with Crippen LogP contribution in [0.1, 0.15) is 29.7 Å². The zero-order valence-electron chi connectivity index (χ0n) is 15.3. The summed E-state index contributed by atoms with van der Waals surface area (Å²) in [5, 5.41) is 9.28. The van der Waals surface area contributed by atoms with Gasteiger partial charge in [0.05, 0.1) is 5.69 Å². The molecule has 27 heavy (non-hydrogen) atoms. The number of hydrogen-bond donors (Lipinski definition) is 1. The van der Waals surface area contributed by atoms with E-state index in [1.165, 1.54) is 0 Å². The standard InChI is InChI=1S/C21H23N3O3/c1-15-4-2-11-24-13-17(22-20(15)24)14-27-18-8-6-16(7-9-18)12-23-10-3-5-19(23)21(25)26/h2,4,6-9,11,13,19H,3,5,10,12,14H2,1H3,(H,25,26)/t19-/m1/s1. The minimum absolute atomic E-state index is 0.362. The first kappa shape index (κ1) is 17.5. The molecule has 4 rings (SSSR count). The Hall–Kier alpha value is -2.86. The highest BCUT2D eigenvalue weighted by Crippen LogP contribution is 2.22. The second kappa shape index (κ2) is 7.40. The highest BCUT2D eigenvalue weighted by atomic mass is 16.5. The van der Waals surface area contributed by atoms with E-state index in [2.05, 4.69) is 4.98 Å². The fourth-order valence-corrected chi connectivity index (χ4v) is 3.65. The lowest BCUT2D eigenvalue weighted by Gasteiger charge is -2.21. The van der Waals surface area contributed by atoms with Crippen LogP contribution in [0.15, 0.2) is 48.8 Å². The molecule has 0 saturated carbocycles. The van der Waals surface area contributed by atoms with E-state index in [4.69, 9.17) is 4.74 Å². The van der Waals surface area contributed by atoms with Gasteiger partial charge in [0.25, 0.3) is 0 Å². The number of aryl methyl sites for hydroxylation is 1. The molecule has 6 nitrogen and oxygen atoms in total. The van der Waals surface area contributed by atoms with Crippen molar-refractivity contribution in [3.05, 3.63) is 65.6 Å². The highest BCUT2D eigenvalue weighted by molar-refractivity contribution is 5.73. The van der Waals surface area contributed by atoms with Crippen LogP contribution >= 0.6 is 0 Å². The fourth-order valence-electron chi connectivity index (χ4n) is 3.65. The predicted octanol–water partition coefficient (Wildman–Crippen LogP) is 3.27.